The van der Waals surface area contributed by atoms with Crippen LogP contribution in [0.5, 0.6) is 0 Å². The average molecular weight is 445 g/mol. The van der Waals surface area contributed by atoms with Crippen LogP contribution in [0, 0.1) is 0 Å². The Bertz CT molecular complexity index is 763. The molecule has 0 saturated heterocycles. The molecular formula is C20H28Cl3N5. The van der Waals surface area contributed by atoms with Crippen molar-refractivity contribution in [3.63, 3.8) is 0 Å². The van der Waals surface area contributed by atoms with Gasteiger partial charge in [-0.1, -0.05) is 93.7 Å². The Labute approximate surface area is 182 Å². The SMILES string of the molecule is CCN(CC)CCNc1nc(-c2ccc(C(C)(C)C)cc2)nc(C(Cl)(Cl)Cl)n1. The minimum atomic E-state index is -1.72. The molecule has 0 aliphatic rings. The van der Waals surface area contributed by atoms with E-state index < -0.39 is 3.79 Å². The fourth-order valence-electron chi connectivity index (χ4n) is 2.70. The minimum Gasteiger partial charge on any atom is -0.353 e. The quantitative estimate of drug-likeness (QED) is 0.578. The zero-order valence-corrected chi connectivity index (χ0v) is 19.3. The van der Waals surface area contributed by atoms with Gasteiger partial charge in [0, 0.05) is 18.7 Å². The Morgan fingerprint density at radius 1 is 0.929 bits per heavy atom. The van der Waals surface area contributed by atoms with E-state index in [9.17, 15) is 0 Å². The Hall–Kier alpha value is -1.14. The van der Waals surface area contributed by atoms with Crippen LogP contribution < -0.4 is 5.32 Å². The van der Waals surface area contributed by atoms with Crippen molar-refractivity contribution >= 4 is 40.8 Å². The highest BCUT2D eigenvalue weighted by atomic mass is 35.6. The molecule has 2 aromatic rings. The molecule has 8 heteroatoms. The Kier molecular flexibility index (Phi) is 7.91. The summed E-state index contributed by atoms with van der Waals surface area (Å²) >= 11 is 18.1. The van der Waals surface area contributed by atoms with Gasteiger partial charge in [0.05, 0.1) is 0 Å². The molecule has 0 aliphatic carbocycles. The molecule has 0 bridgehead atoms. The Morgan fingerprint density at radius 2 is 1.54 bits per heavy atom. The number of nitrogens with zero attached hydrogens (tertiary/aromatic N) is 4. The average Bonchev–Trinajstić information content (AvgIpc) is 2.64. The lowest BCUT2D eigenvalue weighted by atomic mass is 9.87. The maximum Gasteiger partial charge on any atom is 0.250 e. The predicted molar refractivity (Wildman–Crippen MR) is 119 cm³/mol. The summed E-state index contributed by atoms with van der Waals surface area (Å²) in [5.41, 5.74) is 2.14. The van der Waals surface area contributed by atoms with Crippen molar-refractivity contribution in [1.82, 2.24) is 19.9 Å². The lowest BCUT2D eigenvalue weighted by Crippen LogP contribution is -2.29. The molecule has 1 N–H and O–H groups in total. The molecule has 154 valence electrons. The third-order valence-electron chi connectivity index (χ3n) is 4.50. The molecule has 0 aliphatic heterocycles. The molecule has 0 fully saturated rings. The van der Waals surface area contributed by atoms with Gasteiger partial charge in [-0.3, -0.25) is 0 Å². The summed E-state index contributed by atoms with van der Waals surface area (Å²) in [5.74, 6) is 0.980. The molecule has 0 saturated carbocycles. The topological polar surface area (TPSA) is 53.9 Å². The highest BCUT2D eigenvalue weighted by Crippen LogP contribution is 2.37. The molecule has 0 amide bonds. The van der Waals surface area contributed by atoms with Gasteiger partial charge in [-0.2, -0.15) is 9.97 Å². The summed E-state index contributed by atoms with van der Waals surface area (Å²) in [6, 6.07) is 8.11. The van der Waals surface area contributed by atoms with Crippen LogP contribution in [-0.2, 0) is 9.21 Å². The third kappa shape index (κ3) is 6.45. The van der Waals surface area contributed by atoms with Gasteiger partial charge in [0.25, 0.3) is 0 Å². The fourth-order valence-corrected chi connectivity index (χ4v) is 2.95. The van der Waals surface area contributed by atoms with Gasteiger partial charge in [-0.15, -0.1) is 0 Å². The molecule has 2 rings (SSSR count). The van der Waals surface area contributed by atoms with Gasteiger partial charge >= 0.3 is 0 Å². The number of anilines is 1. The Balaban J connectivity index is 2.30. The second kappa shape index (κ2) is 9.57. The highest BCUT2D eigenvalue weighted by molar-refractivity contribution is 6.66. The van der Waals surface area contributed by atoms with Crippen LogP contribution in [0.1, 0.15) is 46.0 Å². The first-order valence-electron chi connectivity index (χ1n) is 9.45. The molecule has 0 unspecified atom stereocenters. The second-order valence-corrected chi connectivity index (χ2v) is 9.87. The maximum absolute atomic E-state index is 6.05. The van der Waals surface area contributed by atoms with E-state index in [4.69, 9.17) is 34.8 Å². The van der Waals surface area contributed by atoms with E-state index in [1.54, 1.807) is 0 Å². The van der Waals surface area contributed by atoms with E-state index >= 15 is 0 Å². The molecule has 28 heavy (non-hydrogen) atoms. The van der Waals surface area contributed by atoms with E-state index in [2.05, 4.69) is 71.9 Å². The maximum atomic E-state index is 6.05. The third-order valence-corrected chi connectivity index (χ3v) is 5.01. The lowest BCUT2D eigenvalue weighted by molar-refractivity contribution is 0.316. The smallest absolute Gasteiger partial charge is 0.250 e. The summed E-state index contributed by atoms with van der Waals surface area (Å²) in [6.07, 6.45) is 0. The number of benzene rings is 1. The highest BCUT2D eigenvalue weighted by Gasteiger charge is 2.28. The van der Waals surface area contributed by atoms with Crippen molar-refractivity contribution in [2.45, 2.75) is 43.8 Å². The van der Waals surface area contributed by atoms with Crippen LogP contribution in [0.3, 0.4) is 0 Å². The van der Waals surface area contributed by atoms with Crippen LogP contribution in [0.2, 0.25) is 0 Å². The number of nitrogens with one attached hydrogen (secondary N) is 1. The van der Waals surface area contributed by atoms with Crippen molar-refractivity contribution in [3.05, 3.63) is 35.7 Å². The van der Waals surface area contributed by atoms with Crippen LogP contribution in [-0.4, -0.2) is 46.0 Å². The normalized spacial score (nSPS) is 12.5. The summed E-state index contributed by atoms with van der Waals surface area (Å²) < 4.78 is -1.72. The number of aromatic nitrogens is 3. The van der Waals surface area contributed by atoms with Gasteiger partial charge in [0.1, 0.15) is 0 Å². The van der Waals surface area contributed by atoms with Gasteiger partial charge in [-0.25, -0.2) is 4.98 Å². The zero-order chi connectivity index (χ0) is 20.9. The molecule has 5 nitrogen and oxygen atoms in total. The number of alkyl halides is 3. The number of hydrogen-bond donors (Lipinski definition) is 1. The number of hydrogen-bond acceptors (Lipinski definition) is 5. The summed E-state index contributed by atoms with van der Waals surface area (Å²) in [4.78, 5) is 15.5. The minimum absolute atomic E-state index is 0.0670. The fraction of sp³-hybridized carbons (Fsp3) is 0.550. The van der Waals surface area contributed by atoms with Crippen LogP contribution in [0.25, 0.3) is 11.4 Å². The van der Waals surface area contributed by atoms with Gasteiger partial charge in [0.15, 0.2) is 11.6 Å². The molecule has 0 atom stereocenters. The van der Waals surface area contributed by atoms with Crippen molar-refractivity contribution < 1.29 is 0 Å². The van der Waals surface area contributed by atoms with E-state index in [1.807, 2.05) is 12.1 Å². The predicted octanol–water partition coefficient (Wildman–Crippen LogP) is 5.42. The molecule has 0 radical (unpaired) electrons. The van der Waals surface area contributed by atoms with E-state index in [0.29, 0.717) is 18.3 Å². The molecule has 1 aromatic carbocycles. The standard InChI is InChI=1S/C20H28Cl3N5/c1-6-28(7-2)13-12-24-18-26-16(25-17(27-18)20(21,22)23)14-8-10-15(11-9-14)19(3,4)5/h8-11H,6-7,12-13H2,1-5H3,(H,24,25,26,27). The number of halogens is 3. The van der Waals surface area contributed by atoms with Gasteiger partial charge in [-0.05, 0) is 24.1 Å². The van der Waals surface area contributed by atoms with Crippen molar-refractivity contribution in [2.75, 3.05) is 31.5 Å². The van der Waals surface area contributed by atoms with Gasteiger partial charge in [0.2, 0.25) is 9.74 Å². The summed E-state index contributed by atoms with van der Waals surface area (Å²) in [6.45, 7) is 14.3. The largest absolute Gasteiger partial charge is 0.353 e. The molecule has 1 heterocycles. The van der Waals surface area contributed by atoms with Crippen molar-refractivity contribution in [2.24, 2.45) is 0 Å². The first-order chi connectivity index (χ1) is 13.0. The number of likely N-dealkylation sites (N-methyl/N-ethyl adjacent to an activating group) is 1. The van der Waals surface area contributed by atoms with Gasteiger partial charge < -0.3 is 10.2 Å². The first-order valence-corrected chi connectivity index (χ1v) is 10.6. The van der Waals surface area contributed by atoms with Crippen molar-refractivity contribution in [1.29, 1.82) is 0 Å². The van der Waals surface area contributed by atoms with E-state index in [0.717, 1.165) is 25.2 Å². The van der Waals surface area contributed by atoms with E-state index in [1.165, 1.54) is 5.56 Å². The van der Waals surface area contributed by atoms with Crippen LogP contribution in [0.15, 0.2) is 24.3 Å². The van der Waals surface area contributed by atoms with Crippen LogP contribution >= 0.6 is 34.8 Å². The Morgan fingerprint density at radius 3 is 2.04 bits per heavy atom. The number of rotatable bonds is 7. The second-order valence-electron chi connectivity index (χ2n) is 7.58. The molecule has 0 spiro atoms. The zero-order valence-electron chi connectivity index (χ0n) is 17.1. The van der Waals surface area contributed by atoms with Crippen molar-refractivity contribution in [3.8, 4) is 11.4 Å². The molecule has 1 aromatic heterocycles. The van der Waals surface area contributed by atoms with Crippen LogP contribution in [0.4, 0.5) is 5.95 Å². The van der Waals surface area contributed by atoms with E-state index in [-0.39, 0.29) is 11.2 Å². The molecular weight excluding hydrogens is 417 g/mol. The first kappa shape index (κ1) is 23.1. The summed E-state index contributed by atoms with van der Waals surface area (Å²) in [7, 11) is 0. The monoisotopic (exact) mass is 443 g/mol. The lowest BCUT2D eigenvalue weighted by Gasteiger charge is -2.19. The summed E-state index contributed by atoms with van der Waals surface area (Å²) in [5, 5.41) is 3.22.